The largest absolute Gasteiger partial charge is 0.338 e. The highest BCUT2D eigenvalue weighted by Crippen LogP contribution is 2.30. The highest BCUT2D eigenvalue weighted by atomic mass is 35.5. The number of halogens is 1. The van der Waals surface area contributed by atoms with Crippen LogP contribution in [0.15, 0.2) is 54.6 Å². The monoisotopic (exact) mass is 410 g/mol. The van der Waals surface area contributed by atoms with Crippen molar-refractivity contribution in [3.63, 3.8) is 0 Å². The predicted octanol–water partition coefficient (Wildman–Crippen LogP) is 5.49. The molecular weight excluding hydrogens is 380 g/mol. The van der Waals surface area contributed by atoms with Gasteiger partial charge in [0.1, 0.15) is 0 Å². The number of likely N-dealkylation sites (tertiary alicyclic amines) is 2. The molecule has 2 aliphatic rings. The molecule has 2 aromatic carbocycles. The summed E-state index contributed by atoms with van der Waals surface area (Å²) in [6.07, 6.45) is 6.48. The normalized spacial score (nSPS) is 24.2. The summed E-state index contributed by atoms with van der Waals surface area (Å²) in [7, 11) is 0. The molecular formula is C25H31ClN2O. The molecule has 0 spiro atoms. The van der Waals surface area contributed by atoms with E-state index in [4.69, 9.17) is 11.6 Å². The summed E-state index contributed by atoms with van der Waals surface area (Å²) in [5.74, 6) is 0.967. The molecule has 0 saturated carbocycles. The van der Waals surface area contributed by atoms with E-state index in [1.165, 1.54) is 31.4 Å². The average molecular weight is 411 g/mol. The molecule has 0 aliphatic carbocycles. The lowest BCUT2D eigenvalue weighted by molar-refractivity contribution is -0.131. The molecule has 0 N–H and O–H groups in total. The molecule has 1 amide bonds. The van der Waals surface area contributed by atoms with Gasteiger partial charge in [-0.15, -0.1) is 0 Å². The zero-order chi connectivity index (χ0) is 20.1. The Balaban J connectivity index is 1.34. The lowest BCUT2D eigenvalue weighted by atomic mass is 9.92. The Hall–Kier alpha value is -1.84. The van der Waals surface area contributed by atoms with Gasteiger partial charge in [-0.1, -0.05) is 54.1 Å². The molecule has 4 rings (SSSR count). The van der Waals surface area contributed by atoms with Gasteiger partial charge in [0.2, 0.25) is 5.91 Å². The molecule has 0 aromatic heterocycles. The minimum Gasteiger partial charge on any atom is -0.338 e. The van der Waals surface area contributed by atoms with E-state index in [9.17, 15) is 4.79 Å². The van der Waals surface area contributed by atoms with E-state index >= 15 is 0 Å². The van der Waals surface area contributed by atoms with Crippen molar-refractivity contribution in [2.24, 2.45) is 0 Å². The molecule has 2 saturated heterocycles. The lowest BCUT2D eigenvalue weighted by Gasteiger charge is -2.30. The molecule has 29 heavy (non-hydrogen) atoms. The van der Waals surface area contributed by atoms with Crippen LogP contribution in [0.4, 0.5) is 0 Å². The Bertz CT molecular complexity index is 792. The van der Waals surface area contributed by atoms with Crippen LogP contribution in [0.2, 0.25) is 5.02 Å². The predicted molar refractivity (Wildman–Crippen MR) is 119 cm³/mol. The number of benzene rings is 2. The van der Waals surface area contributed by atoms with Crippen LogP contribution in [-0.4, -0.2) is 41.4 Å². The third-order valence-electron chi connectivity index (χ3n) is 6.61. The Morgan fingerprint density at radius 3 is 2.45 bits per heavy atom. The van der Waals surface area contributed by atoms with Crippen molar-refractivity contribution in [1.29, 1.82) is 0 Å². The van der Waals surface area contributed by atoms with E-state index in [0.717, 1.165) is 36.5 Å². The first-order valence-corrected chi connectivity index (χ1v) is 11.4. The first-order chi connectivity index (χ1) is 14.2. The minimum atomic E-state index is 0.291. The highest BCUT2D eigenvalue weighted by molar-refractivity contribution is 6.30. The fourth-order valence-electron chi connectivity index (χ4n) is 4.91. The van der Waals surface area contributed by atoms with E-state index in [-0.39, 0.29) is 0 Å². The summed E-state index contributed by atoms with van der Waals surface area (Å²) < 4.78 is 0. The summed E-state index contributed by atoms with van der Waals surface area (Å²) in [6.45, 7) is 3.86. The van der Waals surface area contributed by atoms with Gasteiger partial charge in [0.05, 0.1) is 0 Å². The Morgan fingerprint density at radius 2 is 1.66 bits per heavy atom. The fraction of sp³-hybridized carbons (Fsp3) is 0.480. The molecule has 0 radical (unpaired) electrons. The van der Waals surface area contributed by atoms with E-state index in [2.05, 4.69) is 35.2 Å². The zero-order valence-corrected chi connectivity index (χ0v) is 17.9. The van der Waals surface area contributed by atoms with Crippen LogP contribution < -0.4 is 0 Å². The van der Waals surface area contributed by atoms with Crippen LogP contribution in [0.25, 0.3) is 0 Å². The second-order valence-corrected chi connectivity index (χ2v) is 8.93. The Morgan fingerprint density at radius 1 is 0.862 bits per heavy atom. The maximum atomic E-state index is 12.7. The topological polar surface area (TPSA) is 23.6 Å². The Kier molecular flexibility index (Phi) is 6.89. The van der Waals surface area contributed by atoms with Crippen molar-refractivity contribution >= 4 is 17.5 Å². The molecule has 2 aliphatic heterocycles. The molecule has 2 aromatic rings. The van der Waals surface area contributed by atoms with E-state index in [0.29, 0.717) is 30.8 Å². The standard InChI is InChI=1S/C25H31ClN2O/c26-23-10-8-20(9-11-23)19-28-18-15-24(12-13-25(28)29)27-16-4-7-22(14-17-27)21-5-2-1-3-6-21/h1-3,5-6,8-11,22,24H,4,7,12-19H2. The van der Waals surface area contributed by atoms with Crippen molar-refractivity contribution in [1.82, 2.24) is 9.80 Å². The van der Waals surface area contributed by atoms with E-state index in [1.807, 2.05) is 29.2 Å². The molecule has 4 heteroatoms. The SMILES string of the molecule is O=C1CCC(N2CCCC(c3ccccc3)CC2)CCN1Cc1ccc(Cl)cc1. The van der Waals surface area contributed by atoms with Gasteiger partial charge in [0.15, 0.2) is 0 Å². The number of amides is 1. The second-order valence-electron chi connectivity index (χ2n) is 8.50. The van der Waals surface area contributed by atoms with Gasteiger partial charge >= 0.3 is 0 Å². The van der Waals surface area contributed by atoms with Crippen molar-refractivity contribution in [2.45, 2.75) is 57.0 Å². The van der Waals surface area contributed by atoms with Crippen LogP contribution in [0.3, 0.4) is 0 Å². The van der Waals surface area contributed by atoms with Gasteiger partial charge in [-0.25, -0.2) is 0 Å². The van der Waals surface area contributed by atoms with Crippen LogP contribution in [0, 0.1) is 0 Å². The van der Waals surface area contributed by atoms with Gasteiger partial charge in [-0.05, 0) is 74.4 Å². The number of rotatable bonds is 4. The van der Waals surface area contributed by atoms with Gasteiger partial charge in [-0.3, -0.25) is 4.79 Å². The first-order valence-electron chi connectivity index (χ1n) is 11.0. The summed E-state index contributed by atoms with van der Waals surface area (Å²) in [4.78, 5) is 17.4. The number of carbonyl (C=O) groups excluding carboxylic acids is 1. The molecule has 154 valence electrons. The highest BCUT2D eigenvalue weighted by Gasteiger charge is 2.28. The maximum Gasteiger partial charge on any atom is 0.222 e. The van der Waals surface area contributed by atoms with Crippen molar-refractivity contribution in [2.75, 3.05) is 19.6 Å². The van der Waals surface area contributed by atoms with Crippen LogP contribution in [0.5, 0.6) is 0 Å². The molecule has 2 heterocycles. The smallest absolute Gasteiger partial charge is 0.222 e. The van der Waals surface area contributed by atoms with Crippen molar-refractivity contribution < 1.29 is 4.79 Å². The lowest BCUT2D eigenvalue weighted by Crippen LogP contribution is -2.37. The molecule has 2 unspecified atom stereocenters. The van der Waals surface area contributed by atoms with Crippen LogP contribution in [0.1, 0.15) is 55.6 Å². The first kappa shape index (κ1) is 20.4. The summed E-state index contributed by atoms with van der Waals surface area (Å²) >= 11 is 5.99. The van der Waals surface area contributed by atoms with Gasteiger partial charge < -0.3 is 9.80 Å². The van der Waals surface area contributed by atoms with E-state index in [1.54, 1.807) is 0 Å². The maximum absolute atomic E-state index is 12.7. The summed E-state index contributed by atoms with van der Waals surface area (Å²) in [6, 6.07) is 19.4. The quantitative estimate of drug-likeness (QED) is 0.665. The number of carbonyl (C=O) groups is 1. The minimum absolute atomic E-state index is 0.291. The van der Waals surface area contributed by atoms with Gasteiger partial charge in [-0.2, -0.15) is 0 Å². The summed E-state index contributed by atoms with van der Waals surface area (Å²) in [5, 5.41) is 0.742. The third-order valence-corrected chi connectivity index (χ3v) is 6.87. The molecule has 2 atom stereocenters. The molecule has 0 bridgehead atoms. The number of nitrogens with zero attached hydrogens (tertiary/aromatic N) is 2. The van der Waals surface area contributed by atoms with Gasteiger partial charge in [0.25, 0.3) is 0 Å². The molecule has 2 fully saturated rings. The zero-order valence-electron chi connectivity index (χ0n) is 17.1. The fourth-order valence-corrected chi connectivity index (χ4v) is 5.03. The van der Waals surface area contributed by atoms with Crippen molar-refractivity contribution in [3.05, 3.63) is 70.7 Å². The van der Waals surface area contributed by atoms with E-state index < -0.39 is 0 Å². The Labute approximate surface area is 179 Å². The second kappa shape index (κ2) is 9.77. The number of hydrogen-bond donors (Lipinski definition) is 0. The van der Waals surface area contributed by atoms with Gasteiger partial charge in [0, 0.05) is 30.6 Å². The van der Waals surface area contributed by atoms with Crippen LogP contribution >= 0.6 is 11.6 Å². The third kappa shape index (κ3) is 5.40. The molecule has 3 nitrogen and oxygen atoms in total. The average Bonchev–Trinajstić information content (AvgIpc) is 3.10. The number of hydrogen-bond acceptors (Lipinski definition) is 2. The summed E-state index contributed by atoms with van der Waals surface area (Å²) in [5.41, 5.74) is 2.64. The van der Waals surface area contributed by atoms with Crippen molar-refractivity contribution in [3.8, 4) is 0 Å². The van der Waals surface area contributed by atoms with Crippen LogP contribution in [-0.2, 0) is 11.3 Å².